The van der Waals surface area contributed by atoms with Crippen LogP contribution < -0.4 is 0 Å². The van der Waals surface area contributed by atoms with Crippen LogP contribution in [0.2, 0.25) is 0 Å². The zero-order valence-electron chi connectivity index (χ0n) is 10.9. The molecule has 98 valence electrons. The lowest BCUT2D eigenvalue weighted by molar-refractivity contribution is -0.146. The molecule has 0 spiro atoms. The summed E-state index contributed by atoms with van der Waals surface area (Å²) >= 11 is 0. The van der Waals surface area contributed by atoms with Crippen molar-refractivity contribution in [2.24, 2.45) is 5.92 Å². The van der Waals surface area contributed by atoms with Gasteiger partial charge in [0.15, 0.2) is 0 Å². The first-order valence-corrected chi connectivity index (χ1v) is 6.44. The summed E-state index contributed by atoms with van der Waals surface area (Å²) in [6.45, 7) is 0.0556. The summed E-state index contributed by atoms with van der Waals surface area (Å²) in [6.07, 6.45) is 7.98. The molecule has 1 amide bonds. The average molecular weight is 241 g/mol. The van der Waals surface area contributed by atoms with E-state index in [9.17, 15) is 9.59 Å². The minimum Gasteiger partial charge on any atom is -0.468 e. The molecule has 1 aliphatic rings. The molecule has 0 heterocycles. The monoisotopic (exact) mass is 241 g/mol. The van der Waals surface area contributed by atoms with E-state index in [0.29, 0.717) is 12.3 Å². The fraction of sp³-hybridized carbons (Fsp3) is 0.846. The normalized spacial score (nSPS) is 16.6. The summed E-state index contributed by atoms with van der Waals surface area (Å²) in [4.78, 5) is 24.2. The van der Waals surface area contributed by atoms with Gasteiger partial charge in [0.25, 0.3) is 0 Å². The average Bonchev–Trinajstić information content (AvgIpc) is 2.36. The van der Waals surface area contributed by atoms with Crippen LogP contribution in [0.15, 0.2) is 0 Å². The van der Waals surface area contributed by atoms with Gasteiger partial charge in [0.2, 0.25) is 5.91 Å². The van der Waals surface area contributed by atoms with E-state index in [0.717, 1.165) is 6.42 Å². The van der Waals surface area contributed by atoms with Gasteiger partial charge in [-0.25, -0.2) is 0 Å². The van der Waals surface area contributed by atoms with Crippen LogP contribution in [0.5, 0.6) is 0 Å². The van der Waals surface area contributed by atoms with Gasteiger partial charge >= 0.3 is 5.97 Å². The lowest BCUT2D eigenvalue weighted by atomic mass is 9.86. The zero-order chi connectivity index (χ0) is 12.7. The number of hydrogen-bond donors (Lipinski definition) is 0. The Bertz CT molecular complexity index is 259. The van der Waals surface area contributed by atoms with Gasteiger partial charge in [-0.05, 0) is 12.3 Å². The maximum absolute atomic E-state index is 11.8. The van der Waals surface area contributed by atoms with Crippen molar-refractivity contribution in [1.82, 2.24) is 4.90 Å². The highest BCUT2D eigenvalue weighted by Gasteiger charge is 2.17. The number of carbonyl (C=O) groups is 2. The van der Waals surface area contributed by atoms with Crippen LogP contribution in [-0.2, 0) is 14.3 Å². The van der Waals surface area contributed by atoms with E-state index in [1.54, 1.807) is 7.05 Å². The maximum atomic E-state index is 11.8. The first-order valence-electron chi connectivity index (χ1n) is 6.44. The Hall–Kier alpha value is -1.06. The molecule has 1 rings (SSSR count). The lowest BCUT2D eigenvalue weighted by Crippen LogP contribution is -2.32. The van der Waals surface area contributed by atoms with Crippen LogP contribution in [0, 0.1) is 5.92 Å². The molecule has 0 N–H and O–H groups in total. The van der Waals surface area contributed by atoms with Gasteiger partial charge in [-0.3, -0.25) is 9.59 Å². The summed E-state index contributed by atoms with van der Waals surface area (Å²) in [5.74, 6) is 0.388. The highest BCUT2D eigenvalue weighted by molar-refractivity contribution is 5.81. The molecule has 0 saturated heterocycles. The standard InChI is InChI=1S/C13H23NO3/c1-14(10-13(16)17-2)12(15)9-8-11-6-4-3-5-7-11/h11H,3-10H2,1-2H3. The van der Waals surface area contributed by atoms with E-state index in [4.69, 9.17) is 0 Å². The summed E-state index contributed by atoms with van der Waals surface area (Å²) in [5, 5.41) is 0. The second-order valence-corrected chi connectivity index (χ2v) is 4.87. The number of carbonyl (C=O) groups excluding carboxylic acids is 2. The molecular weight excluding hydrogens is 218 g/mol. The first kappa shape index (κ1) is 14.0. The van der Waals surface area contributed by atoms with Crippen molar-refractivity contribution in [2.45, 2.75) is 44.9 Å². The Labute approximate surface area is 103 Å². The van der Waals surface area contributed by atoms with Gasteiger partial charge < -0.3 is 9.64 Å². The molecule has 1 aliphatic carbocycles. The van der Waals surface area contributed by atoms with E-state index in [1.165, 1.54) is 44.1 Å². The molecular formula is C13H23NO3. The predicted octanol–water partition coefficient (Wildman–Crippen LogP) is 1.98. The summed E-state index contributed by atoms with van der Waals surface area (Å²) in [6, 6.07) is 0. The number of hydrogen-bond acceptors (Lipinski definition) is 3. The molecule has 1 fully saturated rings. The maximum Gasteiger partial charge on any atom is 0.325 e. The minimum atomic E-state index is -0.362. The van der Waals surface area contributed by atoms with Crippen LogP contribution in [0.1, 0.15) is 44.9 Å². The molecule has 0 unspecified atom stereocenters. The molecule has 0 bridgehead atoms. The smallest absolute Gasteiger partial charge is 0.325 e. The molecule has 0 aliphatic heterocycles. The molecule has 17 heavy (non-hydrogen) atoms. The Morgan fingerprint density at radius 1 is 1.24 bits per heavy atom. The Morgan fingerprint density at radius 2 is 1.88 bits per heavy atom. The van der Waals surface area contributed by atoms with Gasteiger partial charge in [-0.1, -0.05) is 32.1 Å². The SMILES string of the molecule is COC(=O)CN(C)C(=O)CCC1CCCCC1. The van der Waals surface area contributed by atoms with Gasteiger partial charge in [0.1, 0.15) is 6.54 Å². The van der Waals surface area contributed by atoms with E-state index < -0.39 is 0 Å². The van der Waals surface area contributed by atoms with Crippen LogP contribution in [-0.4, -0.2) is 37.5 Å². The third kappa shape index (κ3) is 5.20. The molecule has 0 aromatic carbocycles. The van der Waals surface area contributed by atoms with Crippen LogP contribution >= 0.6 is 0 Å². The van der Waals surface area contributed by atoms with Gasteiger partial charge in [0, 0.05) is 13.5 Å². The molecule has 4 nitrogen and oxygen atoms in total. The first-order chi connectivity index (χ1) is 8.13. The fourth-order valence-electron chi connectivity index (χ4n) is 2.34. The fourth-order valence-corrected chi connectivity index (χ4v) is 2.34. The number of amides is 1. The van der Waals surface area contributed by atoms with Crippen molar-refractivity contribution >= 4 is 11.9 Å². The summed E-state index contributed by atoms with van der Waals surface area (Å²) in [7, 11) is 2.99. The molecule has 1 saturated carbocycles. The van der Waals surface area contributed by atoms with Crippen molar-refractivity contribution in [2.75, 3.05) is 20.7 Å². The van der Waals surface area contributed by atoms with Crippen molar-refractivity contribution in [3.05, 3.63) is 0 Å². The highest BCUT2D eigenvalue weighted by Crippen LogP contribution is 2.27. The molecule has 0 radical (unpaired) electrons. The highest BCUT2D eigenvalue weighted by atomic mass is 16.5. The predicted molar refractivity (Wildman–Crippen MR) is 65.5 cm³/mol. The van der Waals surface area contributed by atoms with Crippen LogP contribution in [0.25, 0.3) is 0 Å². The number of likely N-dealkylation sites (N-methyl/N-ethyl adjacent to an activating group) is 1. The third-order valence-electron chi connectivity index (χ3n) is 3.51. The summed E-state index contributed by atoms with van der Waals surface area (Å²) in [5.41, 5.74) is 0. The Balaban J connectivity index is 2.21. The van der Waals surface area contributed by atoms with E-state index in [-0.39, 0.29) is 18.4 Å². The van der Waals surface area contributed by atoms with Crippen molar-refractivity contribution in [1.29, 1.82) is 0 Å². The second kappa shape index (κ2) is 7.30. The van der Waals surface area contributed by atoms with E-state index >= 15 is 0 Å². The summed E-state index contributed by atoms with van der Waals surface area (Å²) < 4.78 is 4.53. The zero-order valence-corrected chi connectivity index (χ0v) is 10.9. The van der Waals surface area contributed by atoms with Crippen molar-refractivity contribution in [3.8, 4) is 0 Å². The van der Waals surface area contributed by atoms with Crippen molar-refractivity contribution in [3.63, 3.8) is 0 Å². The number of ether oxygens (including phenoxy) is 1. The van der Waals surface area contributed by atoms with Gasteiger partial charge in [-0.15, -0.1) is 0 Å². The number of nitrogens with zero attached hydrogens (tertiary/aromatic N) is 1. The molecule has 0 atom stereocenters. The van der Waals surface area contributed by atoms with E-state index in [2.05, 4.69) is 4.74 Å². The Kier molecular flexibility index (Phi) is 6.01. The number of esters is 1. The topological polar surface area (TPSA) is 46.6 Å². The second-order valence-electron chi connectivity index (χ2n) is 4.87. The molecule has 0 aromatic heterocycles. The number of rotatable bonds is 5. The quantitative estimate of drug-likeness (QED) is 0.691. The van der Waals surface area contributed by atoms with Crippen LogP contribution in [0.4, 0.5) is 0 Å². The number of methoxy groups -OCH3 is 1. The molecule has 4 heteroatoms. The van der Waals surface area contributed by atoms with E-state index in [1.807, 2.05) is 0 Å². The van der Waals surface area contributed by atoms with Gasteiger partial charge in [-0.2, -0.15) is 0 Å². The lowest BCUT2D eigenvalue weighted by Gasteiger charge is -2.22. The van der Waals surface area contributed by atoms with Crippen molar-refractivity contribution < 1.29 is 14.3 Å². The van der Waals surface area contributed by atoms with Gasteiger partial charge in [0.05, 0.1) is 7.11 Å². The third-order valence-corrected chi connectivity index (χ3v) is 3.51. The minimum absolute atomic E-state index is 0.0426. The van der Waals surface area contributed by atoms with Crippen LogP contribution in [0.3, 0.4) is 0 Å². The molecule has 0 aromatic rings. The largest absolute Gasteiger partial charge is 0.468 e. The Morgan fingerprint density at radius 3 is 2.47 bits per heavy atom.